The second kappa shape index (κ2) is 7.61. The standard InChI is InChI=1S/C15H20F2N6O/c16-15(17)13-9-14(24)22(11-18-13)10-12-1-4-21(5-2-12)7-8-23-6-3-19-20-23/h3,6,9,11-12,15H,1-2,4-5,7-8,10H2. The Balaban J connectivity index is 1.47. The summed E-state index contributed by atoms with van der Waals surface area (Å²) in [5.41, 5.74) is -0.868. The molecule has 0 saturated carbocycles. The third kappa shape index (κ3) is 4.22. The number of nitrogens with zero attached hydrogens (tertiary/aromatic N) is 6. The van der Waals surface area contributed by atoms with Crippen molar-refractivity contribution in [3.05, 3.63) is 40.8 Å². The SMILES string of the molecule is O=c1cc(C(F)F)ncn1CC1CCN(CCn2ccnn2)CC1. The zero-order chi connectivity index (χ0) is 16.9. The van der Waals surface area contributed by atoms with E-state index in [4.69, 9.17) is 0 Å². The number of hydrogen-bond acceptors (Lipinski definition) is 5. The third-order valence-electron chi connectivity index (χ3n) is 4.40. The van der Waals surface area contributed by atoms with Gasteiger partial charge >= 0.3 is 0 Å². The minimum absolute atomic E-state index is 0.365. The van der Waals surface area contributed by atoms with Crippen LogP contribution in [0.5, 0.6) is 0 Å². The van der Waals surface area contributed by atoms with Crippen molar-refractivity contribution in [1.82, 2.24) is 29.4 Å². The normalized spacial score (nSPS) is 16.8. The van der Waals surface area contributed by atoms with E-state index >= 15 is 0 Å². The second-order valence-electron chi connectivity index (χ2n) is 6.06. The highest BCUT2D eigenvalue weighted by atomic mass is 19.3. The molecular formula is C15H20F2N6O. The molecule has 0 atom stereocenters. The number of rotatable bonds is 6. The van der Waals surface area contributed by atoms with Gasteiger partial charge in [0.05, 0.1) is 19.1 Å². The van der Waals surface area contributed by atoms with Crippen molar-refractivity contribution < 1.29 is 8.78 Å². The Labute approximate surface area is 137 Å². The summed E-state index contributed by atoms with van der Waals surface area (Å²) in [6, 6.07) is 0.928. The molecule has 130 valence electrons. The molecule has 0 aromatic carbocycles. The van der Waals surface area contributed by atoms with E-state index in [0.29, 0.717) is 12.5 Å². The van der Waals surface area contributed by atoms with E-state index in [1.165, 1.54) is 10.9 Å². The maximum Gasteiger partial charge on any atom is 0.280 e. The largest absolute Gasteiger partial charge is 0.301 e. The van der Waals surface area contributed by atoms with E-state index in [0.717, 1.165) is 45.1 Å². The van der Waals surface area contributed by atoms with Gasteiger partial charge in [0.2, 0.25) is 0 Å². The molecule has 2 aromatic rings. The molecule has 2 aromatic heterocycles. The van der Waals surface area contributed by atoms with Crippen LogP contribution in [-0.4, -0.2) is 49.1 Å². The summed E-state index contributed by atoms with van der Waals surface area (Å²) in [6.07, 6.45) is 3.98. The van der Waals surface area contributed by atoms with Crippen molar-refractivity contribution in [2.24, 2.45) is 5.92 Å². The number of halogens is 2. The third-order valence-corrected chi connectivity index (χ3v) is 4.40. The van der Waals surface area contributed by atoms with Crippen molar-refractivity contribution in [3.63, 3.8) is 0 Å². The summed E-state index contributed by atoms with van der Waals surface area (Å²) in [5.74, 6) is 0.365. The van der Waals surface area contributed by atoms with Crippen LogP contribution >= 0.6 is 0 Å². The van der Waals surface area contributed by atoms with E-state index in [1.54, 1.807) is 6.20 Å². The second-order valence-corrected chi connectivity index (χ2v) is 6.06. The zero-order valence-electron chi connectivity index (χ0n) is 13.3. The van der Waals surface area contributed by atoms with Crippen molar-refractivity contribution in [2.45, 2.75) is 32.4 Å². The molecule has 7 nitrogen and oxygen atoms in total. The van der Waals surface area contributed by atoms with E-state index < -0.39 is 17.7 Å². The van der Waals surface area contributed by atoms with E-state index in [2.05, 4.69) is 20.2 Å². The van der Waals surface area contributed by atoms with E-state index in [1.807, 2.05) is 10.9 Å². The first-order valence-electron chi connectivity index (χ1n) is 8.03. The van der Waals surface area contributed by atoms with Gasteiger partial charge in [0.25, 0.3) is 12.0 Å². The van der Waals surface area contributed by atoms with Crippen molar-refractivity contribution in [3.8, 4) is 0 Å². The summed E-state index contributed by atoms with van der Waals surface area (Å²) >= 11 is 0. The minimum atomic E-state index is -2.71. The average molecular weight is 338 g/mol. The zero-order valence-corrected chi connectivity index (χ0v) is 13.3. The highest BCUT2D eigenvalue weighted by Crippen LogP contribution is 2.19. The van der Waals surface area contributed by atoms with Gasteiger partial charge in [0.15, 0.2) is 0 Å². The summed E-state index contributed by atoms with van der Waals surface area (Å²) in [5, 5.41) is 7.72. The van der Waals surface area contributed by atoms with Gasteiger partial charge in [-0.05, 0) is 31.8 Å². The van der Waals surface area contributed by atoms with Crippen LogP contribution in [0.15, 0.2) is 29.6 Å². The van der Waals surface area contributed by atoms with Gasteiger partial charge in [-0.1, -0.05) is 5.21 Å². The van der Waals surface area contributed by atoms with Gasteiger partial charge in [0.1, 0.15) is 5.69 Å². The molecule has 0 amide bonds. The molecule has 0 bridgehead atoms. The first-order valence-corrected chi connectivity index (χ1v) is 8.03. The van der Waals surface area contributed by atoms with Gasteiger partial charge < -0.3 is 4.90 Å². The van der Waals surface area contributed by atoms with Gasteiger partial charge in [-0.15, -0.1) is 5.10 Å². The van der Waals surface area contributed by atoms with Crippen LogP contribution in [0.2, 0.25) is 0 Å². The summed E-state index contributed by atoms with van der Waals surface area (Å²) in [4.78, 5) is 17.9. The van der Waals surface area contributed by atoms with Crippen LogP contribution in [0, 0.1) is 5.92 Å². The fourth-order valence-electron chi connectivity index (χ4n) is 2.96. The Morgan fingerprint density at radius 1 is 1.25 bits per heavy atom. The molecule has 1 saturated heterocycles. The van der Waals surface area contributed by atoms with Gasteiger partial charge in [-0.3, -0.25) is 14.0 Å². The molecule has 1 aliphatic heterocycles. The molecule has 24 heavy (non-hydrogen) atoms. The molecule has 0 radical (unpaired) electrons. The summed E-state index contributed by atoms with van der Waals surface area (Å²) in [7, 11) is 0. The molecule has 0 unspecified atom stereocenters. The predicted octanol–water partition coefficient (Wildman–Crippen LogP) is 1.18. The van der Waals surface area contributed by atoms with Crippen LogP contribution in [-0.2, 0) is 13.1 Å². The van der Waals surface area contributed by atoms with E-state index in [-0.39, 0.29) is 0 Å². The van der Waals surface area contributed by atoms with Crippen LogP contribution < -0.4 is 5.56 Å². The number of aromatic nitrogens is 5. The van der Waals surface area contributed by atoms with E-state index in [9.17, 15) is 13.6 Å². The topological polar surface area (TPSA) is 68.8 Å². The lowest BCUT2D eigenvalue weighted by Gasteiger charge is -2.32. The highest BCUT2D eigenvalue weighted by molar-refractivity contribution is 5.00. The van der Waals surface area contributed by atoms with Crippen LogP contribution in [0.3, 0.4) is 0 Å². The molecule has 1 aliphatic rings. The van der Waals surface area contributed by atoms with Crippen LogP contribution in [0.4, 0.5) is 8.78 Å². The average Bonchev–Trinajstić information content (AvgIpc) is 3.09. The fraction of sp³-hybridized carbons (Fsp3) is 0.600. The highest BCUT2D eigenvalue weighted by Gasteiger charge is 2.20. The first-order chi connectivity index (χ1) is 11.6. The van der Waals surface area contributed by atoms with Crippen molar-refractivity contribution >= 4 is 0 Å². The summed E-state index contributed by atoms with van der Waals surface area (Å²) in [6.45, 7) is 4.17. The molecule has 0 spiro atoms. The molecule has 1 fully saturated rings. The Kier molecular flexibility index (Phi) is 5.29. The molecular weight excluding hydrogens is 318 g/mol. The molecule has 0 N–H and O–H groups in total. The Bertz CT molecular complexity index is 694. The number of piperidine rings is 1. The lowest BCUT2D eigenvalue weighted by Crippen LogP contribution is -2.38. The minimum Gasteiger partial charge on any atom is -0.301 e. The Morgan fingerprint density at radius 2 is 2.04 bits per heavy atom. The van der Waals surface area contributed by atoms with Gasteiger partial charge in [-0.2, -0.15) is 0 Å². The maximum absolute atomic E-state index is 12.5. The lowest BCUT2D eigenvalue weighted by atomic mass is 9.96. The number of hydrogen-bond donors (Lipinski definition) is 0. The number of alkyl halides is 2. The first kappa shape index (κ1) is 16.7. The smallest absolute Gasteiger partial charge is 0.280 e. The molecule has 0 aliphatic carbocycles. The molecule has 3 heterocycles. The maximum atomic E-state index is 12.5. The molecule has 9 heteroatoms. The lowest BCUT2D eigenvalue weighted by molar-refractivity contribution is 0.144. The van der Waals surface area contributed by atoms with Crippen molar-refractivity contribution in [2.75, 3.05) is 19.6 Å². The Morgan fingerprint density at radius 3 is 2.67 bits per heavy atom. The fourth-order valence-corrected chi connectivity index (χ4v) is 2.96. The summed E-state index contributed by atoms with van der Waals surface area (Å²) < 4.78 is 28.3. The number of likely N-dealkylation sites (tertiary alicyclic amines) is 1. The predicted molar refractivity (Wildman–Crippen MR) is 82.6 cm³/mol. The monoisotopic (exact) mass is 338 g/mol. The van der Waals surface area contributed by atoms with Crippen molar-refractivity contribution in [1.29, 1.82) is 0 Å². The quantitative estimate of drug-likeness (QED) is 0.791. The van der Waals surface area contributed by atoms with Gasteiger partial charge in [0, 0.05) is 25.4 Å². The molecule has 3 rings (SSSR count). The van der Waals surface area contributed by atoms with Gasteiger partial charge in [-0.25, -0.2) is 13.8 Å². The Hall–Kier alpha value is -2.16. The van der Waals surface area contributed by atoms with Crippen LogP contribution in [0.25, 0.3) is 0 Å². The van der Waals surface area contributed by atoms with Crippen LogP contribution in [0.1, 0.15) is 25.0 Å².